The number of alkyl halides is 6. The lowest BCUT2D eigenvalue weighted by molar-refractivity contribution is -0.369. The Morgan fingerprint density at radius 2 is 1.23 bits per heavy atom. The molecule has 0 bridgehead atoms. The zero-order chi connectivity index (χ0) is 10.9. The van der Waals surface area contributed by atoms with Crippen LogP contribution in [0.25, 0.3) is 0 Å². The van der Waals surface area contributed by atoms with Gasteiger partial charge in [0.1, 0.15) is 0 Å². The summed E-state index contributed by atoms with van der Waals surface area (Å²) >= 11 is 0. The highest BCUT2D eigenvalue weighted by molar-refractivity contribution is 4.93. The SMILES string of the molecule is [CH2]CCC(O)(C(F)(F)F)C(F)(F)F. The van der Waals surface area contributed by atoms with Gasteiger partial charge in [0.15, 0.2) is 0 Å². The summed E-state index contributed by atoms with van der Waals surface area (Å²) < 4.78 is 70.7. The van der Waals surface area contributed by atoms with Crippen molar-refractivity contribution >= 4 is 0 Å². The van der Waals surface area contributed by atoms with Gasteiger partial charge in [0.25, 0.3) is 5.60 Å². The number of hydrogen-bond acceptors (Lipinski definition) is 1. The lowest BCUT2D eigenvalue weighted by Crippen LogP contribution is -2.56. The smallest absolute Gasteiger partial charge is 0.374 e. The summed E-state index contributed by atoms with van der Waals surface area (Å²) in [5, 5.41) is 8.39. The Labute approximate surface area is 70.4 Å². The van der Waals surface area contributed by atoms with Gasteiger partial charge in [-0.3, -0.25) is 0 Å². The molecule has 7 heteroatoms. The van der Waals surface area contributed by atoms with E-state index in [1.54, 1.807) is 0 Å². The number of hydrogen-bond donors (Lipinski definition) is 1. The van der Waals surface area contributed by atoms with Gasteiger partial charge < -0.3 is 5.11 Å². The van der Waals surface area contributed by atoms with Crippen LogP contribution in [0.1, 0.15) is 12.8 Å². The van der Waals surface area contributed by atoms with Gasteiger partial charge in [-0.2, -0.15) is 26.3 Å². The lowest BCUT2D eigenvalue weighted by atomic mass is 9.97. The molecule has 0 saturated heterocycles. The topological polar surface area (TPSA) is 20.2 Å². The molecule has 0 aliphatic heterocycles. The second kappa shape index (κ2) is 3.36. The molecular weight excluding hydrogens is 202 g/mol. The molecule has 0 aromatic rings. The van der Waals surface area contributed by atoms with E-state index in [0.29, 0.717) is 0 Å². The molecule has 0 aromatic heterocycles. The fourth-order valence-electron chi connectivity index (χ4n) is 0.700. The molecule has 0 aromatic carbocycles. The third kappa shape index (κ3) is 2.26. The summed E-state index contributed by atoms with van der Waals surface area (Å²) in [7, 11) is 0. The van der Waals surface area contributed by atoms with E-state index in [9.17, 15) is 26.3 Å². The van der Waals surface area contributed by atoms with Crippen molar-refractivity contribution in [2.24, 2.45) is 0 Å². The lowest BCUT2D eigenvalue weighted by Gasteiger charge is -2.31. The van der Waals surface area contributed by atoms with Gasteiger partial charge in [-0.1, -0.05) is 6.92 Å². The average Bonchev–Trinajstić information content (AvgIpc) is 1.82. The van der Waals surface area contributed by atoms with Gasteiger partial charge in [-0.15, -0.1) is 0 Å². The van der Waals surface area contributed by atoms with Crippen molar-refractivity contribution < 1.29 is 31.4 Å². The van der Waals surface area contributed by atoms with Crippen LogP contribution in [-0.4, -0.2) is 23.1 Å². The van der Waals surface area contributed by atoms with Gasteiger partial charge in [0.2, 0.25) is 0 Å². The predicted octanol–water partition coefficient (Wildman–Crippen LogP) is 2.46. The Morgan fingerprint density at radius 3 is 1.31 bits per heavy atom. The van der Waals surface area contributed by atoms with Crippen molar-refractivity contribution in [1.82, 2.24) is 0 Å². The Morgan fingerprint density at radius 1 is 0.923 bits per heavy atom. The Bertz CT molecular complexity index is 155. The second-order valence-electron chi connectivity index (χ2n) is 2.46. The van der Waals surface area contributed by atoms with Crippen LogP contribution in [0.2, 0.25) is 0 Å². The monoisotopic (exact) mass is 209 g/mol. The largest absolute Gasteiger partial charge is 0.426 e. The quantitative estimate of drug-likeness (QED) is 0.692. The van der Waals surface area contributed by atoms with E-state index in [4.69, 9.17) is 5.11 Å². The molecular formula is C6H7F6O. The predicted molar refractivity (Wildman–Crippen MR) is 31.7 cm³/mol. The zero-order valence-electron chi connectivity index (χ0n) is 6.34. The second-order valence-corrected chi connectivity index (χ2v) is 2.46. The first kappa shape index (κ1) is 12.5. The molecule has 13 heavy (non-hydrogen) atoms. The van der Waals surface area contributed by atoms with E-state index in [1.165, 1.54) is 0 Å². The van der Waals surface area contributed by atoms with E-state index in [0.717, 1.165) is 0 Å². The Hall–Kier alpha value is -0.460. The highest BCUT2D eigenvalue weighted by Crippen LogP contribution is 2.45. The van der Waals surface area contributed by atoms with Crippen molar-refractivity contribution in [2.45, 2.75) is 30.8 Å². The normalized spacial score (nSPS) is 14.8. The van der Waals surface area contributed by atoms with E-state index < -0.39 is 30.8 Å². The molecule has 0 heterocycles. The van der Waals surface area contributed by atoms with Gasteiger partial charge in [0, 0.05) is 0 Å². The van der Waals surface area contributed by atoms with Crippen LogP contribution in [0.3, 0.4) is 0 Å². The van der Waals surface area contributed by atoms with Crippen LogP contribution in [0.4, 0.5) is 26.3 Å². The molecule has 0 saturated carbocycles. The van der Waals surface area contributed by atoms with Crippen LogP contribution in [0.15, 0.2) is 0 Å². The third-order valence-electron chi connectivity index (χ3n) is 1.48. The maximum atomic E-state index is 11.8. The molecule has 0 aliphatic rings. The highest BCUT2D eigenvalue weighted by atomic mass is 19.4. The molecule has 0 atom stereocenters. The molecule has 0 fully saturated rings. The molecule has 0 unspecified atom stereocenters. The van der Waals surface area contributed by atoms with Gasteiger partial charge in [-0.05, 0) is 12.8 Å². The fraction of sp³-hybridized carbons (Fsp3) is 0.833. The third-order valence-corrected chi connectivity index (χ3v) is 1.48. The summed E-state index contributed by atoms with van der Waals surface area (Å²) in [6, 6.07) is 0. The van der Waals surface area contributed by atoms with Crippen molar-refractivity contribution in [3.8, 4) is 0 Å². The summed E-state index contributed by atoms with van der Waals surface area (Å²) in [4.78, 5) is 0. The minimum atomic E-state index is -5.72. The van der Waals surface area contributed by atoms with E-state index in [1.807, 2.05) is 0 Å². The molecule has 0 amide bonds. The maximum absolute atomic E-state index is 11.8. The van der Waals surface area contributed by atoms with E-state index in [2.05, 4.69) is 6.92 Å². The first-order chi connectivity index (χ1) is 5.56. The maximum Gasteiger partial charge on any atom is 0.426 e. The van der Waals surface area contributed by atoms with Crippen LogP contribution in [-0.2, 0) is 0 Å². The molecule has 1 nitrogen and oxygen atoms in total. The van der Waals surface area contributed by atoms with Crippen molar-refractivity contribution in [1.29, 1.82) is 0 Å². The van der Waals surface area contributed by atoms with Crippen molar-refractivity contribution in [3.63, 3.8) is 0 Å². The van der Waals surface area contributed by atoms with Gasteiger partial charge in [-0.25, -0.2) is 0 Å². The number of rotatable bonds is 2. The van der Waals surface area contributed by atoms with E-state index in [-0.39, 0.29) is 0 Å². The Balaban J connectivity index is 4.96. The van der Waals surface area contributed by atoms with E-state index >= 15 is 0 Å². The number of halogens is 6. The standard InChI is InChI=1S/C6H7F6O/c1-2-3-4(13,5(7,8)9)6(10,11)12/h13H,1-3H2. The van der Waals surface area contributed by atoms with Gasteiger partial charge >= 0.3 is 12.4 Å². The minimum Gasteiger partial charge on any atom is -0.374 e. The number of aliphatic hydroxyl groups is 1. The fourth-order valence-corrected chi connectivity index (χ4v) is 0.700. The van der Waals surface area contributed by atoms with Crippen LogP contribution in [0.5, 0.6) is 0 Å². The Kier molecular flexibility index (Phi) is 3.24. The molecule has 79 valence electrons. The summed E-state index contributed by atoms with van der Waals surface area (Å²) in [6.07, 6.45) is -13.6. The van der Waals surface area contributed by atoms with Crippen LogP contribution >= 0.6 is 0 Å². The summed E-state index contributed by atoms with van der Waals surface area (Å²) in [5.74, 6) is 0. The summed E-state index contributed by atoms with van der Waals surface area (Å²) in [6.45, 7) is 2.84. The first-order valence-corrected chi connectivity index (χ1v) is 3.21. The molecule has 1 N–H and O–H groups in total. The minimum absolute atomic E-state index is 0.657. The van der Waals surface area contributed by atoms with Gasteiger partial charge in [0.05, 0.1) is 0 Å². The van der Waals surface area contributed by atoms with Crippen molar-refractivity contribution in [2.75, 3.05) is 0 Å². The molecule has 0 spiro atoms. The molecule has 1 radical (unpaired) electrons. The molecule has 0 rings (SSSR count). The van der Waals surface area contributed by atoms with Crippen LogP contribution < -0.4 is 0 Å². The van der Waals surface area contributed by atoms with Crippen LogP contribution in [0, 0.1) is 6.92 Å². The summed E-state index contributed by atoms with van der Waals surface area (Å²) in [5.41, 5.74) is -4.64. The average molecular weight is 209 g/mol. The van der Waals surface area contributed by atoms with Crippen molar-refractivity contribution in [3.05, 3.63) is 6.92 Å². The first-order valence-electron chi connectivity index (χ1n) is 3.21. The molecule has 0 aliphatic carbocycles. The highest BCUT2D eigenvalue weighted by Gasteiger charge is 2.69. The zero-order valence-corrected chi connectivity index (χ0v) is 6.34.